The Morgan fingerprint density at radius 1 is 0.733 bits per heavy atom. The van der Waals surface area contributed by atoms with Crippen molar-refractivity contribution in [1.29, 1.82) is 0 Å². The summed E-state index contributed by atoms with van der Waals surface area (Å²) in [6.45, 7) is 1.93. The number of carbonyl (C=O) groups is 3. The molecule has 0 radical (unpaired) electrons. The molecule has 3 amide bonds. The van der Waals surface area contributed by atoms with E-state index in [1.54, 1.807) is 60.7 Å². The van der Waals surface area contributed by atoms with Crippen LogP contribution in [0.2, 0.25) is 0 Å². The predicted octanol–water partition coefficient (Wildman–Crippen LogP) is 8.02. The fourth-order valence-corrected chi connectivity index (χ4v) is 5.57. The number of amides is 3. The summed E-state index contributed by atoms with van der Waals surface area (Å²) in [5.41, 5.74) is 3.30. The van der Waals surface area contributed by atoms with Crippen LogP contribution in [0.1, 0.15) is 32.3 Å². The lowest BCUT2D eigenvalue weighted by molar-refractivity contribution is -0.116. The number of aryl methyl sites for hydroxylation is 1. The Labute approximate surface area is 265 Å². The van der Waals surface area contributed by atoms with E-state index in [4.69, 9.17) is 0 Å². The Morgan fingerprint density at radius 3 is 2.13 bits per heavy atom. The maximum Gasteiger partial charge on any atom is 0.272 e. The minimum Gasteiger partial charge on any atom is -0.325 e. The Morgan fingerprint density at radius 2 is 1.40 bits per heavy atom. The highest BCUT2D eigenvalue weighted by atomic mass is 32.2. The largest absolute Gasteiger partial charge is 0.325 e. The summed E-state index contributed by atoms with van der Waals surface area (Å²) < 4.78 is 14.5. The molecule has 45 heavy (non-hydrogen) atoms. The monoisotopic (exact) mass is 615 g/mol. The van der Waals surface area contributed by atoms with Crippen molar-refractivity contribution in [3.63, 3.8) is 0 Å². The highest BCUT2D eigenvalue weighted by Crippen LogP contribution is 2.37. The molecular weight excluding hydrogens is 585 g/mol. The van der Waals surface area contributed by atoms with E-state index in [2.05, 4.69) is 16.0 Å². The standard InChI is InChI=1S/C37H30FN3O3S/c1-25-13-8-11-22-32(25)40-37(44)34(26-14-4-2-5-15-26)45-30-20-12-19-29(24-30)39-36(43)33(23-28-18-9-10-21-31(28)38)41-35(42)27-16-6-3-7-17-27/h2-24,34H,1H3,(H,39,43)(H,40,44)(H,41,42)/b33-23-. The minimum atomic E-state index is -0.637. The molecule has 0 saturated heterocycles. The highest BCUT2D eigenvalue weighted by molar-refractivity contribution is 8.00. The lowest BCUT2D eigenvalue weighted by atomic mass is 10.1. The number of nitrogens with one attached hydrogen (secondary N) is 3. The van der Waals surface area contributed by atoms with Crippen LogP contribution >= 0.6 is 11.8 Å². The van der Waals surface area contributed by atoms with Crippen LogP contribution in [-0.2, 0) is 9.59 Å². The van der Waals surface area contributed by atoms with Crippen molar-refractivity contribution in [2.24, 2.45) is 0 Å². The van der Waals surface area contributed by atoms with Crippen LogP contribution in [0.5, 0.6) is 0 Å². The second-order valence-electron chi connectivity index (χ2n) is 10.1. The first kappa shape index (κ1) is 31.0. The smallest absolute Gasteiger partial charge is 0.272 e. The van der Waals surface area contributed by atoms with Crippen molar-refractivity contribution in [2.45, 2.75) is 17.1 Å². The molecule has 224 valence electrons. The van der Waals surface area contributed by atoms with E-state index in [1.807, 2.05) is 67.6 Å². The average Bonchev–Trinajstić information content (AvgIpc) is 3.06. The van der Waals surface area contributed by atoms with Gasteiger partial charge in [-0.25, -0.2) is 4.39 Å². The summed E-state index contributed by atoms with van der Waals surface area (Å²) in [4.78, 5) is 40.7. The third-order valence-electron chi connectivity index (χ3n) is 6.82. The van der Waals surface area contributed by atoms with Crippen LogP contribution in [0.4, 0.5) is 15.8 Å². The first-order chi connectivity index (χ1) is 21.9. The summed E-state index contributed by atoms with van der Waals surface area (Å²) in [6.07, 6.45) is 1.30. The molecule has 1 unspecified atom stereocenters. The predicted molar refractivity (Wildman–Crippen MR) is 178 cm³/mol. The molecule has 8 heteroatoms. The number of thioether (sulfide) groups is 1. The average molecular weight is 616 g/mol. The summed E-state index contributed by atoms with van der Waals surface area (Å²) in [7, 11) is 0. The zero-order valence-electron chi connectivity index (χ0n) is 24.4. The molecule has 0 aliphatic heterocycles. The van der Waals surface area contributed by atoms with Crippen LogP contribution in [0, 0.1) is 12.7 Å². The second kappa shape index (κ2) is 14.8. The Balaban J connectivity index is 1.38. The molecule has 0 aliphatic rings. The fraction of sp³-hybridized carbons (Fsp3) is 0.0541. The van der Waals surface area contributed by atoms with E-state index in [0.29, 0.717) is 11.3 Å². The zero-order valence-corrected chi connectivity index (χ0v) is 25.2. The first-order valence-electron chi connectivity index (χ1n) is 14.2. The number of para-hydroxylation sites is 1. The van der Waals surface area contributed by atoms with E-state index in [-0.39, 0.29) is 17.2 Å². The maximum absolute atomic E-state index is 14.5. The van der Waals surface area contributed by atoms with Gasteiger partial charge in [-0.2, -0.15) is 0 Å². The number of carbonyl (C=O) groups excluding carboxylic acids is 3. The molecule has 0 fully saturated rings. The highest BCUT2D eigenvalue weighted by Gasteiger charge is 2.23. The molecule has 5 aromatic carbocycles. The molecule has 0 aromatic heterocycles. The van der Waals surface area contributed by atoms with Gasteiger partial charge in [-0.15, -0.1) is 11.8 Å². The molecule has 0 bridgehead atoms. The maximum atomic E-state index is 14.5. The van der Waals surface area contributed by atoms with Crippen LogP contribution in [-0.4, -0.2) is 17.7 Å². The molecular formula is C37H30FN3O3S. The van der Waals surface area contributed by atoms with Gasteiger partial charge in [-0.1, -0.05) is 91.0 Å². The number of anilines is 2. The van der Waals surface area contributed by atoms with Crippen molar-refractivity contribution >= 4 is 46.9 Å². The number of hydrogen-bond acceptors (Lipinski definition) is 4. The van der Waals surface area contributed by atoms with Gasteiger partial charge in [0.05, 0.1) is 0 Å². The number of halogens is 1. The molecule has 0 saturated carbocycles. The van der Waals surface area contributed by atoms with Gasteiger partial charge in [0.1, 0.15) is 16.8 Å². The Kier molecular flexibility index (Phi) is 10.2. The summed E-state index contributed by atoms with van der Waals surface area (Å²) in [6, 6.07) is 38.5. The van der Waals surface area contributed by atoms with Gasteiger partial charge in [-0.05, 0) is 66.6 Å². The minimum absolute atomic E-state index is 0.133. The summed E-state index contributed by atoms with van der Waals surface area (Å²) in [5.74, 6) is -1.87. The fourth-order valence-electron chi connectivity index (χ4n) is 4.48. The van der Waals surface area contributed by atoms with Gasteiger partial charge in [0.2, 0.25) is 5.91 Å². The van der Waals surface area contributed by atoms with Gasteiger partial charge < -0.3 is 16.0 Å². The van der Waals surface area contributed by atoms with E-state index >= 15 is 0 Å². The van der Waals surface area contributed by atoms with Crippen molar-refractivity contribution in [1.82, 2.24) is 5.32 Å². The topological polar surface area (TPSA) is 87.3 Å². The van der Waals surface area contributed by atoms with Gasteiger partial charge in [-0.3, -0.25) is 14.4 Å². The third kappa shape index (κ3) is 8.34. The van der Waals surface area contributed by atoms with Gasteiger partial charge in [0, 0.05) is 27.4 Å². The molecule has 6 nitrogen and oxygen atoms in total. The SMILES string of the molecule is Cc1ccccc1NC(=O)C(Sc1cccc(NC(=O)/C(=C/c2ccccc2F)NC(=O)c2ccccc2)c1)c1ccccc1. The number of rotatable bonds is 10. The van der Waals surface area contributed by atoms with Crippen LogP contribution < -0.4 is 16.0 Å². The molecule has 0 aliphatic carbocycles. The lowest BCUT2D eigenvalue weighted by Gasteiger charge is -2.18. The van der Waals surface area contributed by atoms with Crippen LogP contribution in [0.15, 0.2) is 144 Å². The quantitative estimate of drug-likeness (QED) is 0.110. The van der Waals surface area contributed by atoms with E-state index in [0.717, 1.165) is 21.7 Å². The summed E-state index contributed by atoms with van der Waals surface area (Å²) in [5, 5.41) is 7.89. The molecule has 3 N–H and O–H groups in total. The van der Waals surface area contributed by atoms with E-state index in [1.165, 1.54) is 30.0 Å². The first-order valence-corrected chi connectivity index (χ1v) is 15.1. The second-order valence-corrected chi connectivity index (χ2v) is 11.3. The Hall–Kier alpha value is -5.47. The van der Waals surface area contributed by atoms with Crippen LogP contribution in [0.25, 0.3) is 6.08 Å². The number of hydrogen-bond donors (Lipinski definition) is 3. The summed E-state index contributed by atoms with van der Waals surface area (Å²) >= 11 is 1.34. The molecule has 0 spiro atoms. The lowest BCUT2D eigenvalue weighted by Crippen LogP contribution is -2.30. The number of benzene rings is 5. The Bertz CT molecular complexity index is 1840. The molecule has 5 aromatic rings. The zero-order chi connectivity index (χ0) is 31.6. The van der Waals surface area contributed by atoms with E-state index < -0.39 is 22.9 Å². The van der Waals surface area contributed by atoms with Gasteiger partial charge in [0.25, 0.3) is 11.8 Å². The molecule has 0 heterocycles. The van der Waals surface area contributed by atoms with Crippen molar-refractivity contribution in [3.05, 3.63) is 167 Å². The normalized spacial score (nSPS) is 11.7. The van der Waals surface area contributed by atoms with Gasteiger partial charge in [0.15, 0.2) is 0 Å². The van der Waals surface area contributed by atoms with Crippen LogP contribution in [0.3, 0.4) is 0 Å². The third-order valence-corrected chi connectivity index (χ3v) is 8.07. The van der Waals surface area contributed by atoms with Crippen molar-refractivity contribution in [3.8, 4) is 0 Å². The molecule has 5 rings (SSSR count). The van der Waals surface area contributed by atoms with E-state index in [9.17, 15) is 18.8 Å². The molecule has 1 atom stereocenters. The van der Waals surface area contributed by atoms with Crippen molar-refractivity contribution < 1.29 is 18.8 Å². The van der Waals surface area contributed by atoms with Gasteiger partial charge >= 0.3 is 0 Å². The van der Waals surface area contributed by atoms with Crippen molar-refractivity contribution in [2.75, 3.05) is 10.6 Å².